The zero-order valence-corrected chi connectivity index (χ0v) is 21.3. The van der Waals surface area contributed by atoms with Gasteiger partial charge in [-0.1, -0.05) is 35.9 Å². The van der Waals surface area contributed by atoms with Crippen molar-refractivity contribution in [3.05, 3.63) is 100 Å². The van der Waals surface area contributed by atoms with Crippen molar-refractivity contribution < 1.29 is 27.9 Å². The van der Waals surface area contributed by atoms with Crippen LogP contribution in [-0.2, 0) is 16.9 Å². The summed E-state index contributed by atoms with van der Waals surface area (Å²) in [4.78, 5) is 41.3. The van der Waals surface area contributed by atoms with Crippen LogP contribution in [0.5, 0.6) is 0 Å². The van der Waals surface area contributed by atoms with E-state index in [2.05, 4.69) is 5.32 Å². The lowest BCUT2D eigenvalue weighted by Gasteiger charge is -2.44. The molecule has 39 heavy (non-hydrogen) atoms. The van der Waals surface area contributed by atoms with Crippen LogP contribution in [0.25, 0.3) is 10.9 Å². The molecule has 2 aliphatic heterocycles. The second-order valence-corrected chi connectivity index (χ2v) is 10.1. The third-order valence-corrected chi connectivity index (χ3v) is 7.58. The third-order valence-electron chi connectivity index (χ3n) is 7.35. The van der Waals surface area contributed by atoms with Crippen molar-refractivity contribution in [1.29, 1.82) is 0 Å². The number of para-hydroxylation sites is 1. The molecule has 7 nitrogen and oxygen atoms in total. The van der Waals surface area contributed by atoms with E-state index in [0.717, 1.165) is 22.6 Å². The Morgan fingerprint density at radius 3 is 2.54 bits per heavy atom. The van der Waals surface area contributed by atoms with E-state index in [9.17, 15) is 23.2 Å². The van der Waals surface area contributed by atoms with E-state index in [1.807, 2.05) is 12.1 Å². The van der Waals surface area contributed by atoms with Crippen LogP contribution < -0.4 is 10.2 Å². The minimum absolute atomic E-state index is 0.0218. The fourth-order valence-electron chi connectivity index (χ4n) is 5.42. The first kappa shape index (κ1) is 25.2. The smallest absolute Gasteiger partial charge is 0.422 e. The van der Waals surface area contributed by atoms with Gasteiger partial charge in [0.2, 0.25) is 0 Å². The van der Waals surface area contributed by atoms with Crippen LogP contribution in [0.2, 0.25) is 5.02 Å². The van der Waals surface area contributed by atoms with Crippen molar-refractivity contribution >= 4 is 46.0 Å². The molecule has 0 unspecified atom stereocenters. The van der Waals surface area contributed by atoms with E-state index >= 15 is 0 Å². The summed E-state index contributed by atoms with van der Waals surface area (Å²) in [6.07, 6.45) is 1.86. The number of benzene rings is 3. The fraction of sp³-hybridized carbons (Fsp3) is 0.207. The number of imide groups is 1. The van der Waals surface area contributed by atoms with Crippen LogP contribution in [0.3, 0.4) is 0 Å². The number of carbonyl (C=O) groups excluding carboxylic acids is 3. The predicted octanol–water partition coefficient (Wildman–Crippen LogP) is 5.83. The maximum Gasteiger partial charge on any atom is 0.422 e. The lowest BCUT2D eigenvalue weighted by atomic mass is 9.82. The van der Waals surface area contributed by atoms with Crippen molar-refractivity contribution in [3.8, 4) is 0 Å². The molecular formula is C29H22ClF2N3O4. The highest BCUT2D eigenvalue weighted by atomic mass is 35.5. The average Bonchev–Trinajstić information content (AvgIpc) is 3.28. The molecule has 1 aromatic heterocycles. The SMILES string of the molecule is O=C(Cn1cc(C(=O)N2C(=O)OC3(CCNCC3)c3ccccc32)c2ccc(Cl)cc21)c1ccc(F)c(F)c1. The number of Topliss-reactive ketones (excluding diaryl/α,β-unsaturated/α-hetero) is 1. The predicted molar refractivity (Wildman–Crippen MR) is 141 cm³/mol. The first-order valence-electron chi connectivity index (χ1n) is 12.4. The zero-order valence-electron chi connectivity index (χ0n) is 20.5. The van der Waals surface area contributed by atoms with Gasteiger partial charge in [0, 0.05) is 40.6 Å². The van der Waals surface area contributed by atoms with Crippen molar-refractivity contribution in [2.24, 2.45) is 0 Å². The molecule has 0 saturated carbocycles. The second kappa shape index (κ2) is 9.59. The first-order valence-corrected chi connectivity index (χ1v) is 12.8. The number of carbonyl (C=O) groups is 3. The monoisotopic (exact) mass is 549 g/mol. The Bertz CT molecular complexity index is 1660. The molecule has 1 saturated heterocycles. The highest BCUT2D eigenvalue weighted by Crippen LogP contribution is 2.45. The number of nitrogens with zero attached hydrogens (tertiary/aromatic N) is 2. The topological polar surface area (TPSA) is 80.6 Å². The first-order chi connectivity index (χ1) is 18.8. The van der Waals surface area contributed by atoms with E-state index in [-0.39, 0.29) is 17.7 Å². The number of hydrogen-bond donors (Lipinski definition) is 1. The van der Waals surface area contributed by atoms with Crippen LogP contribution >= 0.6 is 11.6 Å². The van der Waals surface area contributed by atoms with Crippen LogP contribution in [-0.4, -0.2) is 35.4 Å². The van der Waals surface area contributed by atoms with Crippen molar-refractivity contribution in [2.75, 3.05) is 18.0 Å². The van der Waals surface area contributed by atoms with E-state index < -0.39 is 35.0 Å². The Balaban J connectivity index is 1.41. The summed E-state index contributed by atoms with van der Waals surface area (Å²) in [5, 5.41) is 4.11. The summed E-state index contributed by atoms with van der Waals surface area (Å²) < 4.78 is 34.6. The van der Waals surface area contributed by atoms with Gasteiger partial charge in [-0.25, -0.2) is 18.5 Å². The molecule has 1 N–H and O–H groups in total. The van der Waals surface area contributed by atoms with Gasteiger partial charge in [-0.3, -0.25) is 9.59 Å². The minimum Gasteiger partial charge on any atom is -0.437 e. The molecule has 0 bridgehead atoms. The summed E-state index contributed by atoms with van der Waals surface area (Å²) in [7, 11) is 0. The number of ether oxygens (including phenoxy) is 1. The molecule has 0 atom stereocenters. The minimum atomic E-state index is -1.13. The largest absolute Gasteiger partial charge is 0.437 e. The Morgan fingerprint density at radius 2 is 1.77 bits per heavy atom. The standard InChI is InChI=1S/C29H22ClF2N3O4/c30-18-6-7-19-20(15-34(25(19)14-18)16-26(36)17-5-8-22(31)23(32)13-17)27(37)35-24-4-2-1-3-21(24)29(39-28(35)38)9-11-33-12-10-29/h1-8,13-15,33H,9-12,16H2. The van der Waals surface area contributed by atoms with E-state index in [4.69, 9.17) is 16.3 Å². The fourth-order valence-corrected chi connectivity index (χ4v) is 5.58. The van der Waals surface area contributed by atoms with Crippen molar-refractivity contribution in [3.63, 3.8) is 0 Å². The second-order valence-electron chi connectivity index (χ2n) is 9.65. The van der Waals surface area contributed by atoms with Crippen LogP contribution in [0.1, 0.15) is 39.1 Å². The third kappa shape index (κ3) is 4.27. The maximum absolute atomic E-state index is 14.0. The van der Waals surface area contributed by atoms with Gasteiger partial charge in [0.15, 0.2) is 17.4 Å². The lowest BCUT2D eigenvalue weighted by Crippen LogP contribution is -2.52. The zero-order chi connectivity index (χ0) is 27.3. The average molecular weight is 550 g/mol. The van der Waals surface area contributed by atoms with Crippen LogP contribution in [0.15, 0.2) is 66.9 Å². The van der Waals surface area contributed by atoms with E-state index in [0.29, 0.717) is 47.5 Å². The number of hydrogen-bond acceptors (Lipinski definition) is 5. The van der Waals surface area contributed by atoms with Crippen molar-refractivity contribution in [2.45, 2.75) is 25.0 Å². The molecule has 10 heteroatoms. The highest BCUT2D eigenvalue weighted by molar-refractivity contribution is 6.31. The molecule has 4 aromatic rings. The van der Waals surface area contributed by atoms with E-state index in [1.54, 1.807) is 30.3 Å². The molecule has 198 valence electrons. The number of piperidine rings is 1. The number of amides is 2. The van der Waals surface area contributed by atoms with Gasteiger partial charge in [-0.05, 0) is 49.5 Å². The van der Waals surface area contributed by atoms with Gasteiger partial charge >= 0.3 is 6.09 Å². The van der Waals surface area contributed by atoms with Crippen molar-refractivity contribution in [1.82, 2.24) is 9.88 Å². The number of nitrogens with one attached hydrogen (secondary N) is 1. The Hall–Kier alpha value is -4.08. The number of fused-ring (bicyclic) bond motifs is 3. The van der Waals surface area contributed by atoms with Gasteiger partial charge in [0.25, 0.3) is 5.91 Å². The van der Waals surface area contributed by atoms with Gasteiger partial charge in [0.1, 0.15) is 5.60 Å². The van der Waals surface area contributed by atoms with Gasteiger partial charge in [0.05, 0.1) is 23.3 Å². The summed E-state index contributed by atoms with van der Waals surface area (Å²) in [5.41, 5.74) is 1.01. The molecule has 2 amide bonds. The number of anilines is 1. The van der Waals surface area contributed by atoms with E-state index in [1.165, 1.54) is 16.8 Å². The number of ketones is 1. The molecule has 2 aliphatic rings. The number of halogens is 3. The number of aromatic nitrogens is 1. The molecule has 6 rings (SSSR count). The highest BCUT2D eigenvalue weighted by Gasteiger charge is 2.47. The molecular weight excluding hydrogens is 528 g/mol. The molecule has 1 spiro atoms. The molecule has 0 radical (unpaired) electrons. The molecule has 3 aromatic carbocycles. The Morgan fingerprint density at radius 1 is 1.00 bits per heavy atom. The Labute approximate surface area is 226 Å². The van der Waals surface area contributed by atoms with Crippen LogP contribution in [0, 0.1) is 11.6 Å². The summed E-state index contributed by atoms with van der Waals surface area (Å²) in [6, 6.07) is 15.0. The molecule has 1 fully saturated rings. The quantitative estimate of drug-likeness (QED) is 0.324. The summed E-state index contributed by atoms with van der Waals surface area (Å²) in [6.45, 7) is 1.08. The number of rotatable bonds is 4. The summed E-state index contributed by atoms with van der Waals surface area (Å²) >= 11 is 6.23. The van der Waals surface area contributed by atoms with Gasteiger partial charge < -0.3 is 14.6 Å². The molecule has 0 aliphatic carbocycles. The summed E-state index contributed by atoms with van der Waals surface area (Å²) in [5.74, 6) is -3.31. The molecule has 3 heterocycles. The maximum atomic E-state index is 14.0. The Kier molecular flexibility index (Phi) is 6.20. The van der Waals surface area contributed by atoms with Gasteiger partial charge in [-0.2, -0.15) is 0 Å². The lowest BCUT2D eigenvalue weighted by molar-refractivity contribution is -0.0170. The van der Waals surface area contributed by atoms with Crippen LogP contribution in [0.4, 0.5) is 19.3 Å². The van der Waals surface area contributed by atoms with Gasteiger partial charge in [-0.15, -0.1) is 0 Å². The normalized spacial score (nSPS) is 16.3.